The van der Waals surface area contributed by atoms with Crippen molar-refractivity contribution in [2.45, 2.75) is 33.3 Å². The van der Waals surface area contributed by atoms with Crippen molar-refractivity contribution in [3.8, 4) is 11.6 Å². The molecule has 38 heavy (non-hydrogen) atoms. The van der Waals surface area contributed by atoms with Gasteiger partial charge >= 0.3 is 0 Å². The number of pyridine rings is 1. The first-order valence-electron chi connectivity index (χ1n) is 12.3. The fourth-order valence-corrected chi connectivity index (χ4v) is 5.17. The summed E-state index contributed by atoms with van der Waals surface area (Å²) in [6, 6.07) is 5.50. The van der Waals surface area contributed by atoms with E-state index in [1.807, 2.05) is 69.1 Å². The number of methoxy groups -OCH3 is 1. The lowest BCUT2D eigenvalue weighted by Crippen LogP contribution is -2.33. The molecule has 0 unspecified atom stereocenters. The Labute approximate surface area is 226 Å². The van der Waals surface area contributed by atoms with Crippen molar-refractivity contribution in [2.75, 3.05) is 20.3 Å². The van der Waals surface area contributed by atoms with E-state index in [-0.39, 0.29) is 0 Å². The average Bonchev–Trinajstić information content (AvgIpc) is 3.54. The SMILES string of the molecule is COc1nc2ccc(C(O)(c3cnc(C)n3C)c3cnc(C)n3C)cc2c(Cl)c1OCC1=C(C)CN=C1C. The fourth-order valence-electron chi connectivity index (χ4n) is 4.89. The van der Waals surface area contributed by atoms with E-state index in [9.17, 15) is 5.11 Å². The topological polar surface area (TPSA) is 99.6 Å². The summed E-state index contributed by atoms with van der Waals surface area (Å²) in [5.74, 6) is 2.18. The maximum absolute atomic E-state index is 12.5. The molecule has 5 rings (SSSR count). The summed E-state index contributed by atoms with van der Waals surface area (Å²) in [6.45, 7) is 8.78. The Morgan fingerprint density at radius 1 is 1.03 bits per heavy atom. The number of aromatic nitrogens is 5. The number of rotatable bonds is 7. The summed E-state index contributed by atoms with van der Waals surface area (Å²) in [7, 11) is 5.29. The maximum atomic E-state index is 12.5. The second-order valence-electron chi connectivity index (χ2n) is 9.66. The summed E-state index contributed by atoms with van der Waals surface area (Å²) in [5.41, 5.74) is 4.01. The van der Waals surface area contributed by atoms with E-state index < -0.39 is 5.60 Å². The lowest BCUT2D eigenvalue weighted by molar-refractivity contribution is 0.109. The van der Waals surface area contributed by atoms with Crippen LogP contribution in [0.5, 0.6) is 11.6 Å². The molecule has 1 aromatic carbocycles. The largest absolute Gasteiger partial charge is 0.482 e. The van der Waals surface area contributed by atoms with Crippen LogP contribution in [0.1, 0.15) is 42.4 Å². The quantitative estimate of drug-likeness (QED) is 0.376. The van der Waals surface area contributed by atoms with Crippen LogP contribution in [0, 0.1) is 13.8 Å². The molecular weight excluding hydrogens is 504 g/mol. The number of aliphatic imine (C=N–C) groups is 1. The summed E-state index contributed by atoms with van der Waals surface area (Å²) >= 11 is 6.96. The van der Waals surface area contributed by atoms with E-state index in [0.29, 0.717) is 57.7 Å². The van der Waals surface area contributed by atoms with Crippen molar-refractivity contribution in [1.29, 1.82) is 0 Å². The van der Waals surface area contributed by atoms with Gasteiger partial charge < -0.3 is 23.7 Å². The first kappa shape index (κ1) is 25.9. The van der Waals surface area contributed by atoms with Gasteiger partial charge in [0.15, 0.2) is 5.60 Å². The number of hydrogen-bond donors (Lipinski definition) is 1. The van der Waals surface area contributed by atoms with E-state index in [0.717, 1.165) is 28.5 Å². The Morgan fingerprint density at radius 2 is 1.66 bits per heavy atom. The molecule has 1 aliphatic rings. The number of halogens is 1. The molecule has 0 saturated heterocycles. The summed E-state index contributed by atoms with van der Waals surface area (Å²) in [5, 5.41) is 13.5. The van der Waals surface area contributed by atoms with Gasteiger partial charge in [-0.3, -0.25) is 4.99 Å². The van der Waals surface area contributed by atoms with Crippen molar-refractivity contribution >= 4 is 28.2 Å². The highest BCUT2D eigenvalue weighted by Gasteiger charge is 2.40. The van der Waals surface area contributed by atoms with Gasteiger partial charge in [0.1, 0.15) is 18.3 Å². The van der Waals surface area contributed by atoms with Gasteiger partial charge in [-0.2, -0.15) is 0 Å². The van der Waals surface area contributed by atoms with E-state index in [1.165, 1.54) is 7.11 Å². The number of hydrogen-bond acceptors (Lipinski definition) is 7. The van der Waals surface area contributed by atoms with Crippen LogP contribution in [0.2, 0.25) is 5.02 Å². The molecule has 9 nitrogen and oxygen atoms in total. The van der Waals surface area contributed by atoms with E-state index in [4.69, 9.17) is 21.1 Å². The van der Waals surface area contributed by atoms with Crippen LogP contribution in [0.25, 0.3) is 10.9 Å². The molecule has 0 saturated carbocycles. The van der Waals surface area contributed by atoms with Gasteiger partial charge in [-0.15, -0.1) is 0 Å². The lowest BCUT2D eigenvalue weighted by atomic mass is 9.86. The minimum atomic E-state index is -1.57. The number of fused-ring (bicyclic) bond motifs is 1. The molecule has 3 aromatic heterocycles. The van der Waals surface area contributed by atoms with E-state index in [1.54, 1.807) is 12.4 Å². The molecule has 4 heterocycles. The van der Waals surface area contributed by atoms with Gasteiger partial charge in [0.05, 0.1) is 48.0 Å². The van der Waals surface area contributed by atoms with Crippen LogP contribution in [-0.2, 0) is 19.7 Å². The van der Waals surface area contributed by atoms with Crippen molar-refractivity contribution in [2.24, 2.45) is 19.1 Å². The van der Waals surface area contributed by atoms with Crippen molar-refractivity contribution in [1.82, 2.24) is 24.1 Å². The van der Waals surface area contributed by atoms with Gasteiger partial charge in [-0.25, -0.2) is 15.0 Å². The normalized spacial score (nSPS) is 14.0. The highest BCUT2D eigenvalue weighted by atomic mass is 35.5. The molecule has 4 aromatic rings. The van der Waals surface area contributed by atoms with Crippen LogP contribution in [0.15, 0.2) is 46.7 Å². The van der Waals surface area contributed by atoms with Gasteiger partial charge in [0, 0.05) is 30.8 Å². The fraction of sp³-hybridized carbons (Fsp3) is 0.357. The zero-order chi connectivity index (χ0) is 27.4. The Morgan fingerprint density at radius 3 is 2.16 bits per heavy atom. The Balaban J connectivity index is 1.68. The summed E-state index contributed by atoms with van der Waals surface area (Å²) in [6.07, 6.45) is 3.37. The zero-order valence-electron chi connectivity index (χ0n) is 22.6. The molecule has 0 aliphatic carbocycles. The molecule has 1 N–H and O–H groups in total. The average molecular weight is 535 g/mol. The standard InChI is InChI=1S/C28H31ClN6O3/c1-15-11-30-16(2)21(15)14-38-26-25(29)20-10-19(8-9-22(20)33-27(26)37-7)28(36,23-12-31-17(3)34(23)5)24-13-32-18(4)35(24)6/h8-10,12-13,36H,11,14H2,1-7H3. The van der Waals surface area contributed by atoms with Gasteiger partial charge in [0.25, 0.3) is 5.88 Å². The van der Waals surface area contributed by atoms with Crippen molar-refractivity contribution in [3.05, 3.63) is 75.4 Å². The van der Waals surface area contributed by atoms with Crippen LogP contribution in [0.4, 0.5) is 0 Å². The molecule has 0 spiro atoms. The minimum Gasteiger partial charge on any atom is -0.482 e. The number of imidazole rings is 2. The lowest BCUT2D eigenvalue weighted by Gasteiger charge is -2.30. The molecule has 0 bridgehead atoms. The van der Waals surface area contributed by atoms with E-state index >= 15 is 0 Å². The van der Waals surface area contributed by atoms with Gasteiger partial charge in [-0.05, 0) is 51.0 Å². The predicted molar refractivity (Wildman–Crippen MR) is 147 cm³/mol. The van der Waals surface area contributed by atoms with Crippen LogP contribution in [-0.4, -0.2) is 55.2 Å². The smallest absolute Gasteiger partial charge is 0.258 e. The van der Waals surface area contributed by atoms with Gasteiger partial charge in [0.2, 0.25) is 5.75 Å². The molecule has 10 heteroatoms. The molecular formula is C28H31ClN6O3. The zero-order valence-corrected chi connectivity index (χ0v) is 23.4. The Kier molecular flexibility index (Phi) is 6.53. The molecule has 0 atom stereocenters. The predicted octanol–water partition coefficient (Wildman–Crippen LogP) is 4.43. The third kappa shape index (κ3) is 3.97. The molecule has 0 amide bonds. The van der Waals surface area contributed by atoms with Crippen LogP contribution < -0.4 is 9.47 Å². The second kappa shape index (κ2) is 9.56. The number of nitrogens with zero attached hydrogens (tertiary/aromatic N) is 6. The third-order valence-corrected chi connectivity index (χ3v) is 7.88. The van der Waals surface area contributed by atoms with Crippen molar-refractivity contribution < 1.29 is 14.6 Å². The highest BCUT2D eigenvalue weighted by Crippen LogP contribution is 2.43. The summed E-state index contributed by atoms with van der Waals surface area (Å²) in [4.78, 5) is 18.0. The molecule has 198 valence electrons. The van der Waals surface area contributed by atoms with Crippen molar-refractivity contribution in [3.63, 3.8) is 0 Å². The maximum Gasteiger partial charge on any atom is 0.258 e. The van der Waals surface area contributed by atoms with Crippen LogP contribution >= 0.6 is 11.6 Å². The summed E-state index contributed by atoms with van der Waals surface area (Å²) < 4.78 is 15.5. The van der Waals surface area contributed by atoms with Gasteiger partial charge in [-0.1, -0.05) is 17.7 Å². The number of aliphatic hydroxyl groups is 1. The third-order valence-electron chi connectivity index (χ3n) is 7.51. The highest BCUT2D eigenvalue weighted by molar-refractivity contribution is 6.37. The molecule has 1 aliphatic heterocycles. The Bertz CT molecular complexity index is 1580. The Hall–Kier alpha value is -3.69. The molecule has 0 radical (unpaired) electrons. The number of benzene rings is 1. The molecule has 0 fully saturated rings. The first-order chi connectivity index (χ1) is 18.1. The van der Waals surface area contributed by atoms with Crippen LogP contribution in [0.3, 0.4) is 0 Å². The minimum absolute atomic E-state index is 0.292. The first-order valence-corrected chi connectivity index (χ1v) is 12.7. The van der Waals surface area contributed by atoms with E-state index in [2.05, 4.69) is 19.9 Å². The second-order valence-corrected chi connectivity index (χ2v) is 10.0. The number of ether oxygens (including phenoxy) is 2. The number of aryl methyl sites for hydroxylation is 2. The monoisotopic (exact) mass is 534 g/mol.